The molecule has 4 saturated heterocycles. The summed E-state index contributed by atoms with van der Waals surface area (Å²) in [6, 6.07) is 1.53. The van der Waals surface area contributed by atoms with E-state index in [4.69, 9.17) is 9.47 Å². The molecular formula is C38H42F12N6O6. The van der Waals surface area contributed by atoms with Crippen LogP contribution in [0.2, 0.25) is 0 Å². The quantitative estimate of drug-likeness (QED) is 0.122. The van der Waals surface area contributed by atoms with Crippen molar-refractivity contribution in [2.24, 2.45) is 0 Å². The molecule has 12 nitrogen and oxygen atoms in total. The van der Waals surface area contributed by atoms with E-state index in [1.807, 2.05) is 0 Å². The summed E-state index contributed by atoms with van der Waals surface area (Å²) >= 11 is 0. The van der Waals surface area contributed by atoms with E-state index in [1.54, 1.807) is 13.8 Å². The lowest BCUT2D eigenvalue weighted by Crippen LogP contribution is -2.64. The smallest absolute Gasteiger partial charge is 0.372 e. The molecule has 0 aliphatic carbocycles. The van der Waals surface area contributed by atoms with Gasteiger partial charge in [-0.2, -0.15) is 52.7 Å². The number of hydrogen-bond acceptors (Lipinski definition) is 8. The summed E-state index contributed by atoms with van der Waals surface area (Å²) in [7, 11) is 0. The summed E-state index contributed by atoms with van der Waals surface area (Å²) in [6.07, 6.45) is -20.5. The molecule has 344 valence electrons. The molecule has 2 aromatic carbocycles. The summed E-state index contributed by atoms with van der Waals surface area (Å²) < 4.78 is 168. The Labute approximate surface area is 345 Å². The number of nitrogens with one attached hydrogen (secondary N) is 6. The fourth-order valence-corrected chi connectivity index (χ4v) is 7.20. The average molecular weight is 907 g/mol. The van der Waals surface area contributed by atoms with Crippen LogP contribution in [0.25, 0.3) is 0 Å². The number of carbonyl (C=O) groups excluding carboxylic acids is 4. The third-order valence-corrected chi connectivity index (χ3v) is 11.3. The summed E-state index contributed by atoms with van der Waals surface area (Å²) in [5, 5.41) is 15.7. The van der Waals surface area contributed by atoms with Gasteiger partial charge in [0.2, 0.25) is 0 Å². The van der Waals surface area contributed by atoms with Crippen molar-refractivity contribution in [3.63, 3.8) is 0 Å². The van der Waals surface area contributed by atoms with Crippen LogP contribution < -0.4 is 31.9 Å². The van der Waals surface area contributed by atoms with Gasteiger partial charge in [-0.25, -0.2) is 9.59 Å². The predicted octanol–water partition coefficient (Wildman–Crippen LogP) is 7.04. The second-order valence-electron chi connectivity index (χ2n) is 16.4. The molecule has 0 saturated carbocycles. The molecule has 4 heterocycles. The Morgan fingerprint density at radius 1 is 0.516 bits per heavy atom. The SMILES string of the molecule is C[C@@H](OC[C@@]1(C)CC[C@@]2(CN1)NC(=O)NC2=O)c1cc(C(F)(F)F)cc(C(F)(F)F)c1.C[C@@H](OC[C@@]1(C)CC[C@]2(CN1)NC(=O)NC2=O)c1cc(C(F)(F)F)cc(C(F)(F)F)c1. The third kappa shape index (κ3) is 11.1. The zero-order valence-corrected chi connectivity index (χ0v) is 33.3. The first kappa shape index (κ1) is 48.4. The van der Waals surface area contributed by atoms with E-state index in [0.29, 0.717) is 49.9 Å². The second kappa shape index (κ2) is 16.8. The van der Waals surface area contributed by atoms with Crippen molar-refractivity contribution in [3.05, 3.63) is 69.8 Å². The fourth-order valence-electron chi connectivity index (χ4n) is 7.20. The zero-order valence-electron chi connectivity index (χ0n) is 33.3. The molecule has 4 aliphatic rings. The topological polar surface area (TPSA) is 159 Å². The molecule has 24 heteroatoms. The van der Waals surface area contributed by atoms with E-state index < -0.39 is 105 Å². The Morgan fingerprint density at radius 3 is 1.02 bits per heavy atom. The van der Waals surface area contributed by atoms with Gasteiger partial charge in [0.15, 0.2) is 0 Å². The maximum absolute atomic E-state index is 13.1. The Bertz CT molecular complexity index is 1830. The molecule has 0 bridgehead atoms. The molecule has 0 aromatic heterocycles. The largest absolute Gasteiger partial charge is 0.416 e. The molecule has 62 heavy (non-hydrogen) atoms. The summed E-state index contributed by atoms with van der Waals surface area (Å²) in [5.41, 5.74) is -9.65. The van der Waals surface area contributed by atoms with Gasteiger partial charge in [0.25, 0.3) is 11.8 Å². The van der Waals surface area contributed by atoms with Gasteiger partial charge in [0.05, 0.1) is 47.7 Å². The number of alkyl halides is 12. The minimum Gasteiger partial charge on any atom is -0.372 e. The number of hydrogen-bond donors (Lipinski definition) is 6. The van der Waals surface area contributed by atoms with Crippen LogP contribution in [0.1, 0.15) is 99.0 Å². The van der Waals surface area contributed by atoms with Crippen molar-refractivity contribution in [1.82, 2.24) is 31.9 Å². The van der Waals surface area contributed by atoms with E-state index in [2.05, 4.69) is 31.9 Å². The normalized spacial score (nSPS) is 27.9. The van der Waals surface area contributed by atoms with Crippen molar-refractivity contribution in [3.8, 4) is 0 Å². The highest BCUT2D eigenvalue weighted by atomic mass is 19.4. The zero-order chi connectivity index (χ0) is 46.5. The maximum atomic E-state index is 13.1. The lowest BCUT2D eigenvalue weighted by molar-refractivity contribution is -0.145. The predicted molar refractivity (Wildman–Crippen MR) is 192 cm³/mol. The molecule has 4 aliphatic heterocycles. The number of piperidine rings is 2. The number of carbonyl (C=O) groups is 4. The summed E-state index contributed by atoms with van der Waals surface area (Å²) in [6.45, 7) is 6.42. The van der Waals surface area contributed by atoms with Crippen LogP contribution in [-0.2, 0) is 43.8 Å². The van der Waals surface area contributed by atoms with E-state index in [1.165, 1.54) is 13.8 Å². The first-order valence-electron chi connectivity index (χ1n) is 18.9. The van der Waals surface area contributed by atoms with E-state index in [-0.39, 0.29) is 49.6 Å². The second-order valence-corrected chi connectivity index (χ2v) is 16.4. The van der Waals surface area contributed by atoms with Gasteiger partial charge < -0.3 is 30.7 Å². The fraction of sp³-hybridized carbons (Fsp3) is 0.579. The van der Waals surface area contributed by atoms with E-state index >= 15 is 0 Å². The van der Waals surface area contributed by atoms with Gasteiger partial charge >= 0.3 is 36.8 Å². The third-order valence-electron chi connectivity index (χ3n) is 11.3. The van der Waals surface area contributed by atoms with Crippen molar-refractivity contribution >= 4 is 23.9 Å². The highest BCUT2D eigenvalue weighted by molar-refractivity contribution is 6.07. The highest BCUT2D eigenvalue weighted by Gasteiger charge is 2.52. The molecule has 6 atom stereocenters. The number of amides is 6. The highest BCUT2D eigenvalue weighted by Crippen LogP contribution is 2.40. The number of halogens is 12. The molecule has 4 fully saturated rings. The van der Waals surface area contributed by atoms with Crippen LogP contribution in [0.5, 0.6) is 0 Å². The average Bonchev–Trinajstić information content (AvgIpc) is 3.61. The molecule has 6 rings (SSSR count). The molecule has 2 spiro atoms. The van der Waals surface area contributed by atoms with Crippen LogP contribution in [0.15, 0.2) is 36.4 Å². The van der Waals surface area contributed by atoms with Crippen LogP contribution in [-0.4, -0.2) is 72.3 Å². The Kier molecular flexibility index (Phi) is 13.1. The van der Waals surface area contributed by atoms with Crippen molar-refractivity contribution < 1.29 is 81.3 Å². The number of urea groups is 2. The maximum Gasteiger partial charge on any atom is 0.416 e. The first-order valence-corrected chi connectivity index (χ1v) is 18.9. The van der Waals surface area contributed by atoms with Gasteiger partial charge in [0, 0.05) is 24.2 Å². The van der Waals surface area contributed by atoms with Crippen LogP contribution in [0, 0.1) is 0 Å². The minimum atomic E-state index is -4.94. The Hall–Kier alpha value is -4.68. The number of benzene rings is 2. The Balaban J connectivity index is 0.000000234. The van der Waals surface area contributed by atoms with Crippen molar-refractivity contribution in [2.75, 3.05) is 26.3 Å². The summed E-state index contributed by atoms with van der Waals surface area (Å²) in [4.78, 5) is 46.8. The number of imide groups is 2. The van der Waals surface area contributed by atoms with Crippen molar-refractivity contribution in [1.29, 1.82) is 0 Å². The van der Waals surface area contributed by atoms with Gasteiger partial charge in [-0.15, -0.1) is 0 Å². The number of ether oxygens (including phenoxy) is 2. The van der Waals surface area contributed by atoms with Gasteiger partial charge in [0.1, 0.15) is 11.1 Å². The minimum absolute atomic E-state index is 0.0303. The monoisotopic (exact) mass is 906 g/mol. The number of rotatable bonds is 8. The standard InChI is InChI=1S/2C19H21F6N3O3/c2*1-10(11-5-12(18(20,21)22)7-13(6-11)19(23,24)25)31-9-16(2)3-4-17(8-26-16)14(29)27-15(30)28-17/h2*5-7,10,26H,3-4,8-9H2,1-2H3,(H2,27,28,29,30)/t10-,16-,17+;10-,16-,17-/m11/s1. The molecular weight excluding hydrogens is 864 g/mol. The molecule has 2 aromatic rings. The van der Waals surface area contributed by atoms with Gasteiger partial charge in [-0.3, -0.25) is 20.2 Å². The lowest BCUT2D eigenvalue weighted by atomic mass is 9.81. The van der Waals surface area contributed by atoms with E-state index in [0.717, 1.165) is 0 Å². The van der Waals surface area contributed by atoms with Gasteiger partial charge in [-0.05, 0) is 101 Å². The van der Waals surface area contributed by atoms with Gasteiger partial charge in [-0.1, -0.05) is 0 Å². The van der Waals surface area contributed by atoms with Crippen LogP contribution >= 0.6 is 0 Å². The first-order chi connectivity index (χ1) is 28.3. The van der Waals surface area contributed by atoms with Crippen LogP contribution in [0.3, 0.4) is 0 Å². The summed E-state index contributed by atoms with van der Waals surface area (Å²) in [5.74, 6) is -0.907. The van der Waals surface area contributed by atoms with E-state index in [9.17, 15) is 71.9 Å². The molecule has 0 radical (unpaired) electrons. The van der Waals surface area contributed by atoms with Crippen molar-refractivity contribution in [2.45, 2.75) is 112 Å². The Morgan fingerprint density at radius 2 is 0.806 bits per heavy atom. The molecule has 6 amide bonds. The molecule has 6 N–H and O–H groups in total. The lowest BCUT2D eigenvalue weighted by Gasteiger charge is -2.42. The molecule has 0 unspecified atom stereocenters. The van der Waals surface area contributed by atoms with Crippen LogP contribution in [0.4, 0.5) is 62.3 Å².